The van der Waals surface area contributed by atoms with Crippen LogP contribution in [0.25, 0.3) is 0 Å². The lowest BCUT2D eigenvalue weighted by molar-refractivity contribution is -0.141. The number of alkyl halides is 3. The van der Waals surface area contributed by atoms with Crippen LogP contribution in [0.4, 0.5) is 19.0 Å². The van der Waals surface area contributed by atoms with E-state index in [-0.39, 0.29) is 11.9 Å². The fourth-order valence-corrected chi connectivity index (χ4v) is 3.56. The molecule has 1 aliphatic carbocycles. The van der Waals surface area contributed by atoms with Crippen LogP contribution in [0.1, 0.15) is 24.1 Å². The molecule has 0 saturated heterocycles. The van der Waals surface area contributed by atoms with Crippen molar-refractivity contribution in [2.24, 2.45) is 5.92 Å². The maximum Gasteiger partial charge on any atom is 0.433 e. The SMILES string of the molecule is CN(C)c1nc(C(F)(F)F)ccc1CN[C@@H]1CC(Cn2cccn2)C[C@H]1O. The Bertz CT molecular complexity index is 748. The van der Waals surface area contributed by atoms with Crippen LogP contribution in [0, 0.1) is 5.92 Å². The molecule has 0 aromatic carbocycles. The topological polar surface area (TPSA) is 66.2 Å². The fourth-order valence-electron chi connectivity index (χ4n) is 3.56. The van der Waals surface area contributed by atoms with E-state index >= 15 is 0 Å². The largest absolute Gasteiger partial charge is 0.433 e. The van der Waals surface area contributed by atoms with E-state index in [1.807, 2.05) is 16.9 Å². The average molecular weight is 383 g/mol. The summed E-state index contributed by atoms with van der Waals surface area (Å²) in [6.45, 7) is 1.09. The number of aromatic nitrogens is 3. The molecule has 3 rings (SSSR count). The molecule has 1 fully saturated rings. The maximum absolute atomic E-state index is 12.9. The summed E-state index contributed by atoms with van der Waals surface area (Å²) in [6.07, 6.45) is 0.107. The fraction of sp³-hybridized carbons (Fsp3) is 0.556. The third kappa shape index (κ3) is 4.78. The van der Waals surface area contributed by atoms with Gasteiger partial charge in [0, 0.05) is 51.2 Å². The molecule has 0 amide bonds. The van der Waals surface area contributed by atoms with Gasteiger partial charge in [0.05, 0.1) is 6.10 Å². The quantitative estimate of drug-likeness (QED) is 0.801. The number of nitrogens with one attached hydrogen (secondary N) is 1. The van der Waals surface area contributed by atoms with Gasteiger partial charge in [-0.25, -0.2) is 4.98 Å². The van der Waals surface area contributed by atoms with Crippen molar-refractivity contribution in [2.45, 2.75) is 44.3 Å². The molecule has 2 aromatic heterocycles. The standard InChI is InChI=1S/C18H24F3N5O/c1-25(2)17-13(4-5-16(24-17)18(19,20)21)10-22-14-8-12(9-15(14)27)11-26-7-3-6-23-26/h3-7,12,14-15,22,27H,8-11H2,1-2H3/t12?,14-,15-/m1/s1. The molecule has 6 nitrogen and oxygen atoms in total. The molecule has 27 heavy (non-hydrogen) atoms. The third-order valence-corrected chi connectivity index (χ3v) is 4.86. The van der Waals surface area contributed by atoms with E-state index in [0.717, 1.165) is 19.0 Å². The highest BCUT2D eigenvalue weighted by molar-refractivity contribution is 5.46. The highest BCUT2D eigenvalue weighted by Gasteiger charge is 2.34. The van der Waals surface area contributed by atoms with Gasteiger partial charge in [-0.2, -0.15) is 18.3 Å². The van der Waals surface area contributed by atoms with Crippen molar-refractivity contribution < 1.29 is 18.3 Å². The van der Waals surface area contributed by atoms with Gasteiger partial charge < -0.3 is 15.3 Å². The summed E-state index contributed by atoms with van der Waals surface area (Å²) in [7, 11) is 3.33. The number of aliphatic hydroxyl groups excluding tert-OH is 1. The minimum Gasteiger partial charge on any atom is -0.391 e. The molecule has 0 spiro atoms. The minimum absolute atomic E-state index is 0.108. The smallest absolute Gasteiger partial charge is 0.391 e. The molecular weight excluding hydrogens is 359 g/mol. The Morgan fingerprint density at radius 1 is 1.30 bits per heavy atom. The molecular formula is C18H24F3N5O. The lowest BCUT2D eigenvalue weighted by atomic mass is 10.1. The number of pyridine rings is 1. The molecule has 1 aliphatic rings. The first-order valence-electron chi connectivity index (χ1n) is 8.87. The van der Waals surface area contributed by atoms with Crippen LogP contribution < -0.4 is 10.2 Å². The second kappa shape index (κ2) is 7.85. The minimum atomic E-state index is -4.47. The van der Waals surface area contributed by atoms with Crippen molar-refractivity contribution in [1.82, 2.24) is 20.1 Å². The Morgan fingerprint density at radius 3 is 2.70 bits per heavy atom. The molecule has 0 bridgehead atoms. The number of anilines is 1. The summed E-state index contributed by atoms with van der Waals surface area (Å²) in [5.74, 6) is 0.578. The summed E-state index contributed by atoms with van der Waals surface area (Å²) in [4.78, 5) is 5.33. The van der Waals surface area contributed by atoms with Crippen molar-refractivity contribution in [3.05, 3.63) is 41.9 Å². The van der Waals surface area contributed by atoms with Crippen LogP contribution in [-0.2, 0) is 19.3 Å². The van der Waals surface area contributed by atoms with E-state index in [2.05, 4.69) is 15.4 Å². The van der Waals surface area contributed by atoms with E-state index in [9.17, 15) is 18.3 Å². The van der Waals surface area contributed by atoms with Crippen molar-refractivity contribution in [3.8, 4) is 0 Å². The van der Waals surface area contributed by atoms with Gasteiger partial charge in [-0.05, 0) is 30.9 Å². The summed E-state index contributed by atoms with van der Waals surface area (Å²) < 4.78 is 40.6. The predicted octanol–water partition coefficient (Wildman–Crippen LogP) is 2.29. The molecule has 0 radical (unpaired) electrons. The van der Waals surface area contributed by atoms with E-state index in [4.69, 9.17) is 0 Å². The monoisotopic (exact) mass is 383 g/mol. The number of rotatable bonds is 6. The van der Waals surface area contributed by atoms with Gasteiger partial charge in [0.25, 0.3) is 0 Å². The summed E-state index contributed by atoms with van der Waals surface area (Å²) in [6, 6.07) is 4.19. The van der Waals surface area contributed by atoms with Gasteiger partial charge in [-0.3, -0.25) is 4.68 Å². The Kier molecular flexibility index (Phi) is 5.71. The van der Waals surface area contributed by atoms with Crippen molar-refractivity contribution in [2.75, 3.05) is 19.0 Å². The second-order valence-electron chi connectivity index (χ2n) is 7.19. The predicted molar refractivity (Wildman–Crippen MR) is 95.2 cm³/mol. The van der Waals surface area contributed by atoms with Crippen LogP contribution >= 0.6 is 0 Å². The molecule has 0 aliphatic heterocycles. The molecule has 1 unspecified atom stereocenters. The zero-order valence-electron chi connectivity index (χ0n) is 15.3. The summed E-state index contributed by atoms with van der Waals surface area (Å²) >= 11 is 0. The molecule has 2 heterocycles. The van der Waals surface area contributed by atoms with E-state index in [1.54, 1.807) is 25.2 Å². The van der Waals surface area contributed by atoms with Gasteiger partial charge in [0.1, 0.15) is 11.5 Å². The van der Waals surface area contributed by atoms with Crippen LogP contribution in [0.15, 0.2) is 30.6 Å². The highest BCUT2D eigenvalue weighted by Crippen LogP contribution is 2.31. The Morgan fingerprint density at radius 2 is 2.07 bits per heavy atom. The Balaban J connectivity index is 1.64. The van der Waals surface area contributed by atoms with E-state index in [1.165, 1.54) is 6.07 Å². The first-order chi connectivity index (χ1) is 12.7. The number of hydrogen-bond donors (Lipinski definition) is 2. The lowest BCUT2D eigenvalue weighted by Crippen LogP contribution is -2.35. The van der Waals surface area contributed by atoms with Gasteiger partial charge in [-0.15, -0.1) is 0 Å². The number of aliphatic hydroxyl groups is 1. The van der Waals surface area contributed by atoms with Gasteiger partial charge in [-0.1, -0.05) is 6.07 Å². The zero-order valence-corrected chi connectivity index (χ0v) is 15.3. The van der Waals surface area contributed by atoms with Gasteiger partial charge >= 0.3 is 6.18 Å². The van der Waals surface area contributed by atoms with E-state index in [0.29, 0.717) is 24.4 Å². The average Bonchev–Trinajstić information content (AvgIpc) is 3.22. The number of halogens is 3. The molecule has 9 heteroatoms. The maximum atomic E-state index is 12.9. The third-order valence-electron chi connectivity index (χ3n) is 4.86. The summed E-state index contributed by atoms with van der Waals surface area (Å²) in [5.41, 5.74) is -0.245. The van der Waals surface area contributed by atoms with Crippen LogP contribution in [-0.4, -0.2) is 46.1 Å². The molecule has 148 valence electrons. The van der Waals surface area contributed by atoms with Crippen molar-refractivity contribution in [3.63, 3.8) is 0 Å². The molecule has 2 N–H and O–H groups in total. The van der Waals surface area contributed by atoms with Crippen molar-refractivity contribution >= 4 is 5.82 Å². The van der Waals surface area contributed by atoms with Crippen LogP contribution in [0.3, 0.4) is 0 Å². The number of hydrogen-bond acceptors (Lipinski definition) is 5. The normalized spacial score (nSPS) is 23.0. The van der Waals surface area contributed by atoms with Crippen LogP contribution in [0.5, 0.6) is 0 Å². The second-order valence-corrected chi connectivity index (χ2v) is 7.19. The van der Waals surface area contributed by atoms with Crippen molar-refractivity contribution in [1.29, 1.82) is 0 Å². The van der Waals surface area contributed by atoms with Gasteiger partial charge in [0.2, 0.25) is 0 Å². The first kappa shape index (κ1) is 19.6. The summed E-state index contributed by atoms with van der Waals surface area (Å²) in [5, 5.41) is 17.8. The van der Waals surface area contributed by atoms with Gasteiger partial charge in [0.15, 0.2) is 0 Å². The highest BCUT2D eigenvalue weighted by atomic mass is 19.4. The number of nitrogens with zero attached hydrogens (tertiary/aromatic N) is 4. The Labute approximate surface area is 156 Å². The zero-order chi connectivity index (χ0) is 19.6. The Hall–Kier alpha value is -2.13. The van der Waals surface area contributed by atoms with E-state index < -0.39 is 18.0 Å². The van der Waals surface area contributed by atoms with Crippen LogP contribution in [0.2, 0.25) is 0 Å². The molecule has 3 atom stereocenters. The molecule has 1 saturated carbocycles. The molecule has 2 aromatic rings. The lowest BCUT2D eigenvalue weighted by Gasteiger charge is -2.21. The first-order valence-corrected chi connectivity index (χ1v) is 8.87.